The molecule has 1 aromatic carbocycles. The summed E-state index contributed by atoms with van der Waals surface area (Å²) in [6, 6.07) is 6.63. The lowest BCUT2D eigenvalue weighted by atomic mass is 10.0. The maximum atomic E-state index is 14.0. The summed E-state index contributed by atoms with van der Waals surface area (Å²) in [4.78, 5) is 14.4. The number of amides is 1. The fourth-order valence-electron chi connectivity index (χ4n) is 3.22. The van der Waals surface area contributed by atoms with Gasteiger partial charge in [0.15, 0.2) is 0 Å². The second-order valence-corrected chi connectivity index (χ2v) is 5.57. The zero-order valence-electron chi connectivity index (χ0n) is 11.6. The van der Waals surface area contributed by atoms with Gasteiger partial charge in [-0.1, -0.05) is 18.2 Å². The minimum atomic E-state index is -0.323. The lowest BCUT2D eigenvalue weighted by Crippen LogP contribution is -2.41. The fourth-order valence-corrected chi connectivity index (χ4v) is 3.22. The second kappa shape index (κ2) is 5.92. The van der Waals surface area contributed by atoms with Crippen molar-refractivity contribution in [1.29, 1.82) is 0 Å². The summed E-state index contributed by atoms with van der Waals surface area (Å²) >= 11 is 0. The van der Waals surface area contributed by atoms with Gasteiger partial charge < -0.3 is 9.64 Å². The third kappa shape index (κ3) is 2.57. The molecular formula is C16H20FNO2. The van der Waals surface area contributed by atoms with E-state index in [0.717, 1.165) is 32.1 Å². The van der Waals surface area contributed by atoms with Crippen LogP contribution in [-0.2, 0) is 9.53 Å². The molecule has 3 nitrogen and oxygen atoms in total. The lowest BCUT2D eigenvalue weighted by molar-refractivity contribution is -0.147. The van der Waals surface area contributed by atoms with Crippen molar-refractivity contribution in [3.8, 4) is 0 Å². The first-order valence-corrected chi connectivity index (χ1v) is 7.44. The number of nitrogens with zero attached hydrogens (tertiary/aromatic N) is 1. The zero-order valence-corrected chi connectivity index (χ0v) is 11.6. The van der Waals surface area contributed by atoms with Gasteiger partial charge in [-0.05, 0) is 38.2 Å². The molecule has 108 valence electrons. The standard InChI is InChI=1S/C16H20FNO2/c17-13-7-2-1-6-12(13)14-8-5-10-18(14)16(19)15-9-3-4-11-20-15/h1-2,6-7,14-15H,3-5,8-11H2/t14?,15-/m0/s1. The van der Waals surface area contributed by atoms with Gasteiger partial charge in [-0.15, -0.1) is 0 Å². The van der Waals surface area contributed by atoms with E-state index >= 15 is 0 Å². The molecule has 4 heteroatoms. The second-order valence-electron chi connectivity index (χ2n) is 5.57. The molecule has 1 amide bonds. The molecule has 1 unspecified atom stereocenters. The molecule has 20 heavy (non-hydrogen) atoms. The van der Waals surface area contributed by atoms with Crippen molar-refractivity contribution in [1.82, 2.24) is 4.90 Å². The Morgan fingerprint density at radius 2 is 2.05 bits per heavy atom. The average Bonchev–Trinajstić information content (AvgIpc) is 2.97. The van der Waals surface area contributed by atoms with Gasteiger partial charge in [0.05, 0.1) is 6.04 Å². The molecule has 2 atom stereocenters. The van der Waals surface area contributed by atoms with Crippen LogP contribution in [0.2, 0.25) is 0 Å². The molecule has 2 saturated heterocycles. The molecule has 0 N–H and O–H groups in total. The summed E-state index contributed by atoms with van der Waals surface area (Å²) in [5.41, 5.74) is 0.633. The molecule has 2 heterocycles. The topological polar surface area (TPSA) is 29.5 Å². The number of hydrogen-bond donors (Lipinski definition) is 0. The number of carbonyl (C=O) groups excluding carboxylic acids is 1. The highest BCUT2D eigenvalue weighted by molar-refractivity contribution is 5.81. The minimum absolute atomic E-state index is 0.0375. The monoisotopic (exact) mass is 277 g/mol. The van der Waals surface area contributed by atoms with E-state index in [2.05, 4.69) is 0 Å². The van der Waals surface area contributed by atoms with Crippen molar-refractivity contribution in [2.75, 3.05) is 13.2 Å². The summed E-state index contributed by atoms with van der Waals surface area (Å²) in [6.07, 6.45) is 4.29. The number of likely N-dealkylation sites (tertiary alicyclic amines) is 1. The van der Waals surface area contributed by atoms with Crippen LogP contribution in [0.4, 0.5) is 4.39 Å². The molecule has 0 radical (unpaired) electrons. The Balaban J connectivity index is 1.78. The van der Waals surface area contributed by atoms with Crippen LogP contribution in [0.25, 0.3) is 0 Å². The summed E-state index contributed by atoms with van der Waals surface area (Å²) in [5, 5.41) is 0. The number of rotatable bonds is 2. The predicted octanol–water partition coefficient (Wildman–Crippen LogP) is 3.06. The molecule has 0 saturated carbocycles. The summed E-state index contributed by atoms with van der Waals surface area (Å²) in [6.45, 7) is 1.37. The Hall–Kier alpha value is -1.42. The van der Waals surface area contributed by atoms with Crippen LogP contribution >= 0.6 is 0 Å². The van der Waals surface area contributed by atoms with Crippen LogP contribution < -0.4 is 0 Å². The van der Waals surface area contributed by atoms with Crippen LogP contribution in [0.15, 0.2) is 24.3 Å². The first-order chi connectivity index (χ1) is 9.77. The van der Waals surface area contributed by atoms with Crippen LogP contribution in [-0.4, -0.2) is 30.1 Å². The maximum Gasteiger partial charge on any atom is 0.252 e. The number of benzene rings is 1. The van der Waals surface area contributed by atoms with Gasteiger partial charge in [-0.25, -0.2) is 4.39 Å². The quantitative estimate of drug-likeness (QED) is 0.831. The summed E-state index contributed by atoms with van der Waals surface area (Å²) in [7, 11) is 0. The normalized spacial score (nSPS) is 26.8. The molecular weight excluding hydrogens is 257 g/mol. The van der Waals surface area contributed by atoms with Crippen molar-refractivity contribution in [3.63, 3.8) is 0 Å². The number of halogens is 1. The highest BCUT2D eigenvalue weighted by atomic mass is 19.1. The smallest absolute Gasteiger partial charge is 0.252 e. The van der Waals surface area contributed by atoms with E-state index in [1.165, 1.54) is 6.07 Å². The lowest BCUT2D eigenvalue weighted by Gasteiger charge is -2.31. The molecule has 0 bridgehead atoms. The highest BCUT2D eigenvalue weighted by Crippen LogP contribution is 2.34. The van der Waals surface area contributed by atoms with Crippen molar-refractivity contribution >= 4 is 5.91 Å². The molecule has 3 rings (SSSR count). The van der Waals surface area contributed by atoms with Crippen LogP contribution in [0.5, 0.6) is 0 Å². The zero-order chi connectivity index (χ0) is 13.9. The van der Waals surface area contributed by atoms with Gasteiger partial charge in [0.25, 0.3) is 5.91 Å². The van der Waals surface area contributed by atoms with Crippen LogP contribution in [0.3, 0.4) is 0 Å². The Morgan fingerprint density at radius 1 is 1.20 bits per heavy atom. The highest BCUT2D eigenvalue weighted by Gasteiger charge is 2.35. The van der Waals surface area contributed by atoms with Crippen LogP contribution in [0, 0.1) is 5.82 Å². The predicted molar refractivity (Wildman–Crippen MR) is 73.7 cm³/mol. The van der Waals surface area contributed by atoms with Gasteiger partial charge in [0, 0.05) is 18.7 Å². The van der Waals surface area contributed by atoms with Gasteiger partial charge in [-0.3, -0.25) is 4.79 Å². The molecule has 0 spiro atoms. The number of hydrogen-bond acceptors (Lipinski definition) is 2. The molecule has 0 aliphatic carbocycles. The summed E-state index contributed by atoms with van der Waals surface area (Å²) in [5.74, 6) is -0.183. The SMILES string of the molecule is O=C([C@@H]1CCCCO1)N1CCCC1c1ccccc1F. The minimum Gasteiger partial charge on any atom is -0.368 e. The number of ether oxygens (including phenoxy) is 1. The van der Waals surface area contributed by atoms with E-state index in [-0.39, 0.29) is 23.9 Å². The first-order valence-electron chi connectivity index (χ1n) is 7.44. The van der Waals surface area contributed by atoms with E-state index in [1.807, 2.05) is 11.0 Å². The molecule has 1 aromatic rings. The Labute approximate surface area is 118 Å². The molecule has 2 fully saturated rings. The average molecular weight is 277 g/mol. The van der Waals surface area contributed by atoms with Gasteiger partial charge in [0.1, 0.15) is 11.9 Å². The Morgan fingerprint density at radius 3 is 2.80 bits per heavy atom. The van der Waals surface area contributed by atoms with Crippen LogP contribution in [0.1, 0.15) is 43.7 Å². The van der Waals surface area contributed by atoms with E-state index in [9.17, 15) is 9.18 Å². The van der Waals surface area contributed by atoms with E-state index in [4.69, 9.17) is 4.74 Å². The third-order valence-corrected chi connectivity index (χ3v) is 4.26. The summed E-state index contributed by atoms with van der Waals surface area (Å²) < 4.78 is 19.5. The maximum absolute atomic E-state index is 14.0. The Bertz CT molecular complexity index is 485. The Kier molecular flexibility index (Phi) is 4.01. The third-order valence-electron chi connectivity index (χ3n) is 4.26. The van der Waals surface area contributed by atoms with Gasteiger partial charge in [0.2, 0.25) is 0 Å². The van der Waals surface area contributed by atoms with E-state index in [0.29, 0.717) is 18.7 Å². The molecule has 0 aromatic heterocycles. The first kappa shape index (κ1) is 13.6. The van der Waals surface area contributed by atoms with Crippen molar-refractivity contribution in [3.05, 3.63) is 35.6 Å². The molecule has 2 aliphatic heterocycles. The van der Waals surface area contributed by atoms with Crippen molar-refractivity contribution < 1.29 is 13.9 Å². The fraction of sp³-hybridized carbons (Fsp3) is 0.562. The van der Waals surface area contributed by atoms with Crippen molar-refractivity contribution in [2.45, 2.75) is 44.2 Å². The molecule has 2 aliphatic rings. The van der Waals surface area contributed by atoms with Crippen molar-refractivity contribution in [2.24, 2.45) is 0 Å². The number of carbonyl (C=O) groups is 1. The van der Waals surface area contributed by atoms with Gasteiger partial charge >= 0.3 is 0 Å². The van der Waals surface area contributed by atoms with E-state index < -0.39 is 0 Å². The largest absolute Gasteiger partial charge is 0.368 e. The van der Waals surface area contributed by atoms with Gasteiger partial charge in [-0.2, -0.15) is 0 Å². The van der Waals surface area contributed by atoms with E-state index in [1.54, 1.807) is 12.1 Å².